The minimum Gasteiger partial charge on any atom is -0.384 e. The Labute approximate surface area is 115 Å². The molecule has 1 aromatic heterocycles. The summed E-state index contributed by atoms with van der Waals surface area (Å²) in [5.41, 5.74) is 5.87. The molecule has 1 aliphatic heterocycles. The molecule has 2 N–H and O–H groups in total. The average molecular weight is 264 g/mol. The highest BCUT2D eigenvalue weighted by atomic mass is 16.5. The van der Waals surface area contributed by atoms with Crippen molar-refractivity contribution in [1.29, 1.82) is 0 Å². The summed E-state index contributed by atoms with van der Waals surface area (Å²) in [5, 5.41) is 0. The molecule has 0 bridgehead atoms. The van der Waals surface area contributed by atoms with Crippen molar-refractivity contribution in [1.82, 2.24) is 9.97 Å². The molecule has 5 nitrogen and oxygen atoms in total. The molecule has 2 heterocycles. The Hall–Kier alpha value is -1.36. The third kappa shape index (κ3) is 3.80. The molecule has 5 heteroatoms. The van der Waals surface area contributed by atoms with Crippen LogP contribution in [0.5, 0.6) is 0 Å². The molecule has 106 valence electrons. The second kappa shape index (κ2) is 6.70. The second-order valence-corrected chi connectivity index (χ2v) is 5.20. The summed E-state index contributed by atoms with van der Waals surface area (Å²) >= 11 is 0. The lowest BCUT2D eigenvalue weighted by Gasteiger charge is -2.32. The van der Waals surface area contributed by atoms with E-state index < -0.39 is 0 Å². The summed E-state index contributed by atoms with van der Waals surface area (Å²) in [6.45, 7) is 5.04. The maximum atomic E-state index is 5.87. The Bertz CT molecular complexity index is 402. The van der Waals surface area contributed by atoms with Gasteiger partial charge in [-0.1, -0.05) is 6.92 Å². The van der Waals surface area contributed by atoms with Crippen molar-refractivity contribution >= 4 is 11.6 Å². The predicted octanol–water partition coefficient (Wildman–Crippen LogP) is 1.87. The molecule has 0 unspecified atom stereocenters. The summed E-state index contributed by atoms with van der Waals surface area (Å²) in [6, 6.07) is 1.88. The third-order valence-electron chi connectivity index (χ3n) is 3.59. The molecule has 0 aromatic carbocycles. The van der Waals surface area contributed by atoms with E-state index in [-0.39, 0.29) is 0 Å². The van der Waals surface area contributed by atoms with Gasteiger partial charge in [-0.3, -0.25) is 0 Å². The van der Waals surface area contributed by atoms with Crippen LogP contribution in [0.2, 0.25) is 0 Å². The van der Waals surface area contributed by atoms with E-state index in [9.17, 15) is 0 Å². The van der Waals surface area contributed by atoms with E-state index in [0.29, 0.717) is 11.7 Å². The fourth-order valence-electron chi connectivity index (χ4n) is 2.56. The number of piperidine rings is 1. The van der Waals surface area contributed by atoms with E-state index in [0.717, 1.165) is 57.0 Å². The first-order valence-electron chi connectivity index (χ1n) is 7.10. The number of nitrogens with two attached hydrogens (primary N) is 1. The van der Waals surface area contributed by atoms with Crippen LogP contribution >= 0.6 is 0 Å². The summed E-state index contributed by atoms with van der Waals surface area (Å²) in [5.74, 6) is 3.09. The minimum atomic E-state index is 0.576. The third-order valence-corrected chi connectivity index (χ3v) is 3.59. The molecule has 0 amide bonds. The van der Waals surface area contributed by atoms with Gasteiger partial charge in [0.2, 0.25) is 0 Å². The van der Waals surface area contributed by atoms with Gasteiger partial charge in [0.05, 0.1) is 0 Å². The Morgan fingerprint density at radius 1 is 1.37 bits per heavy atom. The van der Waals surface area contributed by atoms with E-state index in [1.54, 1.807) is 7.11 Å². The van der Waals surface area contributed by atoms with E-state index in [1.165, 1.54) is 0 Å². The van der Waals surface area contributed by atoms with Gasteiger partial charge < -0.3 is 15.4 Å². The molecular formula is C14H24N4O. The lowest BCUT2D eigenvalue weighted by atomic mass is 9.98. The van der Waals surface area contributed by atoms with Gasteiger partial charge in [0.15, 0.2) is 0 Å². The first-order chi connectivity index (χ1) is 9.22. The van der Waals surface area contributed by atoms with Crippen LogP contribution in [0, 0.1) is 5.92 Å². The molecular weight excluding hydrogens is 240 g/mol. The fourth-order valence-corrected chi connectivity index (χ4v) is 2.56. The highest BCUT2D eigenvalue weighted by Gasteiger charge is 2.20. The molecule has 0 saturated carbocycles. The summed E-state index contributed by atoms with van der Waals surface area (Å²) in [6.07, 6.45) is 4.23. The molecule has 0 aliphatic carbocycles. The van der Waals surface area contributed by atoms with Gasteiger partial charge in [-0.15, -0.1) is 0 Å². The zero-order chi connectivity index (χ0) is 13.7. The monoisotopic (exact) mass is 264 g/mol. The molecule has 1 aromatic rings. The molecule has 0 spiro atoms. The van der Waals surface area contributed by atoms with E-state index in [1.807, 2.05) is 6.07 Å². The van der Waals surface area contributed by atoms with Crippen LogP contribution in [0.15, 0.2) is 6.07 Å². The van der Waals surface area contributed by atoms with Crippen molar-refractivity contribution in [3.8, 4) is 0 Å². The van der Waals surface area contributed by atoms with Crippen LogP contribution in [-0.4, -0.2) is 36.8 Å². The van der Waals surface area contributed by atoms with Crippen LogP contribution in [0.4, 0.5) is 11.6 Å². The topological polar surface area (TPSA) is 64.3 Å². The number of aromatic nitrogens is 2. The van der Waals surface area contributed by atoms with Gasteiger partial charge >= 0.3 is 0 Å². The number of ether oxygens (including phenoxy) is 1. The van der Waals surface area contributed by atoms with E-state index in [4.69, 9.17) is 10.5 Å². The van der Waals surface area contributed by atoms with E-state index >= 15 is 0 Å². The molecule has 1 fully saturated rings. The Kier molecular flexibility index (Phi) is 4.96. The number of anilines is 2. The number of rotatable bonds is 5. The average Bonchev–Trinajstić information content (AvgIpc) is 2.40. The minimum absolute atomic E-state index is 0.576. The largest absolute Gasteiger partial charge is 0.384 e. The molecule has 2 rings (SSSR count). The van der Waals surface area contributed by atoms with E-state index in [2.05, 4.69) is 21.8 Å². The second-order valence-electron chi connectivity index (χ2n) is 5.20. The number of hydrogen-bond acceptors (Lipinski definition) is 5. The van der Waals surface area contributed by atoms with Crippen LogP contribution in [0.25, 0.3) is 0 Å². The lowest BCUT2D eigenvalue weighted by molar-refractivity contribution is 0.139. The fraction of sp³-hybridized carbons (Fsp3) is 0.714. The van der Waals surface area contributed by atoms with Crippen LogP contribution in [0.3, 0.4) is 0 Å². The first-order valence-corrected chi connectivity index (χ1v) is 7.10. The van der Waals surface area contributed by atoms with Crippen LogP contribution < -0.4 is 10.6 Å². The normalized spacial score (nSPS) is 16.8. The van der Waals surface area contributed by atoms with Gasteiger partial charge in [0, 0.05) is 39.3 Å². The summed E-state index contributed by atoms with van der Waals surface area (Å²) in [4.78, 5) is 11.2. The molecule has 1 saturated heterocycles. The van der Waals surface area contributed by atoms with Gasteiger partial charge in [0.25, 0.3) is 0 Å². The number of nitrogens with zero attached hydrogens (tertiary/aromatic N) is 3. The molecule has 0 radical (unpaired) electrons. The van der Waals surface area contributed by atoms with Crippen LogP contribution in [0.1, 0.15) is 32.0 Å². The van der Waals surface area contributed by atoms with Gasteiger partial charge in [-0.2, -0.15) is 0 Å². The maximum absolute atomic E-state index is 5.87. The number of hydrogen-bond donors (Lipinski definition) is 1. The Balaban J connectivity index is 2.02. The molecule has 0 atom stereocenters. The predicted molar refractivity (Wildman–Crippen MR) is 77.3 cm³/mol. The maximum Gasteiger partial charge on any atom is 0.134 e. The lowest BCUT2D eigenvalue weighted by Crippen LogP contribution is -2.35. The quantitative estimate of drug-likeness (QED) is 0.879. The summed E-state index contributed by atoms with van der Waals surface area (Å²) < 4.78 is 5.23. The summed E-state index contributed by atoms with van der Waals surface area (Å²) in [7, 11) is 1.77. The highest BCUT2D eigenvalue weighted by Crippen LogP contribution is 2.23. The van der Waals surface area contributed by atoms with Crippen molar-refractivity contribution in [3.63, 3.8) is 0 Å². The smallest absolute Gasteiger partial charge is 0.134 e. The zero-order valence-electron chi connectivity index (χ0n) is 11.9. The van der Waals surface area contributed by atoms with Crippen molar-refractivity contribution in [2.75, 3.05) is 37.4 Å². The van der Waals surface area contributed by atoms with Crippen molar-refractivity contribution in [2.24, 2.45) is 5.92 Å². The van der Waals surface area contributed by atoms with Crippen LogP contribution in [-0.2, 0) is 11.2 Å². The van der Waals surface area contributed by atoms with Gasteiger partial charge in [-0.05, 0) is 25.2 Å². The Morgan fingerprint density at radius 2 is 2.11 bits per heavy atom. The Morgan fingerprint density at radius 3 is 2.74 bits per heavy atom. The van der Waals surface area contributed by atoms with Crippen molar-refractivity contribution in [2.45, 2.75) is 32.6 Å². The highest BCUT2D eigenvalue weighted by molar-refractivity contribution is 5.47. The SMILES string of the molecule is CCCc1nc(N)cc(N2CCC(COC)CC2)n1. The first kappa shape index (κ1) is 14.1. The number of methoxy groups -OCH3 is 1. The van der Waals surface area contributed by atoms with Crippen molar-refractivity contribution < 1.29 is 4.74 Å². The molecule has 19 heavy (non-hydrogen) atoms. The molecule has 1 aliphatic rings. The standard InChI is InChI=1S/C14H24N4O/c1-3-4-13-16-12(15)9-14(17-13)18-7-5-11(6-8-18)10-19-2/h9,11H,3-8,10H2,1-2H3,(H2,15,16,17). The van der Waals surface area contributed by atoms with Gasteiger partial charge in [-0.25, -0.2) is 9.97 Å². The number of nitrogen functional groups attached to an aromatic ring is 1. The van der Waals surface area contributed by atoms with Gasteiger partial charge in [0.1, 0.15) is 17.5 Å². The number of aryl methyl sites for hydroxylation is 1. The zero-order valence-corrected chi connectivity index (χ0v) is 11.9. The van der Waals surface area contributed by atoms with Crippen molar-refractivity contribution in [3.05, 3.63) is 11.9 Å².